The van der Waals surface area contributed by atoms with Gasteiger partial charge in [0.2, 0.25) is 0 Å². The lowest BCUT2D eigenvalue weighted by Crippen LogP contribution is -2.19. The molecule has 2 nitrogen and oxygen atoms in total. The summed E-state index contributed by atoms with van der Waals surface area (Å²) in [6.07, 6.45) is 0. The number of hydrogen-bond donors (Lipinski definition) is 1. The minimum atomic E-state index is -0.376. The highest BCUT2D eigenvalue weighted by Crippen LogP contribution is 2.16. The van der Waals surface area contributed by atoms with Crippen LogP contribution in [0.3, 0.4) is 0 Å². The maximum atomic E-state index is 13.2. The zero-order valence-electron chi connectivity index (χ0n) is 11.0. The lowest BCUT2D eigenvalue weighted by atomic mass is 10.1. The maximum Gasteiger partial charge on any atom is 0.123 e. The van der Waals surface area contributed by atoms with E-state index < -0.39 is 0 Å². The van der Waals surface area contributed by atoms with Crippen molar-refractivity contribution in [1.29, 1.82) is 5.26 Å². The predicted octanol–water partition coefficient (Wildman–Crippen LogP) is 3.69. The lowest BCUT2D eigenvalue weighted by Gasteiger charge is -2.15. The summed E-state index contributed by atoms with van der Waals surface area (Å²) < 4.78 is 26.3. The molecular weight excluding hydrogens is 258 g/mol. The van der Waals surface area contributed by atoms with Crippen LogP contribution in [0.2, 0.25) is 0 Å². The zero-order chi connectivity index (χ0) is 14.5. The van der Waals surface area contributed by atoms with Crippen LogP contribution in [-0.2, 0) is 6.54 Å². The van der Waals surface area contributed by atoms with Gasteiger partial charge in [-0.2, -0.15) is 5.26 Å². The first-order valence-corrected chi connectivity index (χ1v) is 6.27. The molecule has 102 valence electrons. The standard InChI is InChI=1S/C16H14F2N2/c1-11(12-3-2-4-15(17)7-12)20-10-14-8-16(18)6-5-13(14)9-19/h2-8,11,20H,10H2,1H3. The third kappa shape index (κ3) is 3.40. The third-order valence-electron chi connectivity index (χ3n) is 3.14. The second-order valence-electron chi connectivity index (χ2n) is 4.57. The SMILES string of the molecule is CC(NCc1cc(F)ccc1C#N)c1cccc(F)c1. The summed E-state index contributed by atoms with van der Waals surface area (Å²) in [5.74, 6) is -0.668. The van der Waals surface area contributed by atoms with Crippen LogP contribution in [0.15, 0.2) is 42.5 Å². The largest absolute Gasteiger partial charge is 0.306 e. The molecule has 0 aliphatic rings. The molecule has 0 saturated heterocycles. The molecule has 0 aliphatic carbocycles. The highest BCUT2D eigenvalue weighted by Gasteiger charge is 2.08. The van der Waals surface area contributed by atoms with Gasteiger partial charge in [0, 0.05) is 12.6 Å². The number of nitrogens with one attached hydrogen (secondary N) is 1. The van der Waals surface area contributed by atoms with Crippen molar-refractivity contribution in [3.8, 4) is 6.07 Å². The van der Waals surface area contributed by atoms with Gasteiger partial charge in [0.15, 0.2) is 0 Å². The first-order chi connectivity index (χ1) is 9.60. The van der Waals surface area contributed by atoms with E-state index in [9.17, 15) is 8.78 Å². The first kappa shape index (κ1) is 14.2. The van der Waals surface area contributed by atoms with E-state index in [-0.39, 0.29) is 17.7 Å². The molecule has 0 heterocycles. The van der Waals surface area contributed by atoms with Gasteiger partial charge in [-0.15, -0.1) is 0 Å². The molecule has 0 fully saturated rings. The number of halogens is 2. The Labute approximate surface area is 116 Å². The summed E-state index contributed by atoms with van der Waals surface area (Å²) in [4.78, 5) is 0. The molecule has 0 amide bonds. The molecule has 4 heteroatoms. The molecule has 20 heavy (non-hydrogen) atoms. The van der Waals surface area contributed by atoms with Gasteiger partial charge in [-0.3, -0.25) is 0 Å². The summed E-state index contributed by atoms with van der Waals surface area (Å²) in [5, 5.41) is 12.1. The monoisotopic (exact) mass is 272 g/mol. The van der Waals surface area contributed by atoms with Gasteiger partial charge >= 0.3 is 0 Å². The highest BCUT2D eigenvalue weighted by molar-refractivity contribution is 5.37. The van der Waals surface area contributed by atoms with Gasteiger partial charge in [0.25, 0.3) is 0 Å². The molecular formula is C16H14F2N2. The van der Waals surface area contributed by atoms with E-state index in [1.807, 2.05) is 19.1 Å². The fourth-order valence-electron chi connectivity index (χ4n) is 1.97. The summed E-state index contributed by atoms with van der Waals surface area (Å²) >= 11 is 0. The molecule has 0 aliphatic heterocycles. The Morgan fingerprint density at radius 3 is 2.60 bits per heavy atom. The van der Waals surface area contributed by atoms with Gasteiger partial charge in [-0.25, -0.2) is 8.78 Å². The number of hydrogen-bond acceptors (Lipinski definition) is 2. The van der Waals surface area contributed by atoms with E-state index in [1.165, 1.54) is 30.3 Å². The summed E-state index contributed by atoms with van der Waals surface area (Å²) in [6.45, 7) is 2.23. The predicted molar refractivity (Wildman–Crippen MR) is 72.8 cm³/mol. The van der Waals surface area contributed by atoms with Crippen LogP contribution < -0.4 is 5.32 Å². The van der Waals surface area contributed by atoms with Gasteiger partial charge in [-0.1, -0.05) is 12.1 Å². The topological polar surface area (TPSA) is 35.8 Å². The van der Waals surface area contributed by atoms with Crippen LogP contribution in [-0.4, -0.2) is 0 Å². The first-order valence-electron chi connectivity index (χ1n) is 6.27. The van der Waals surface area contributed by atoms with Crippen LogP contribution in [0.5, 0.6) is 0 Å². The van der Waals surface area contributed by atoms with Crippen molar-refractivity contribution in [3.05, 3.63) is 70.8 Å². The molecule has 0 spiro atoms. The van der Waals surface area contributed by atoms with Crippen LogP contribution in [0.25, 0.3) is 0 Å². The van der Waals surface area contributed by atoms with Crippen molar-refractivity contribution < 1.29 is 8.78 Å². The van der Waals surface area contributed by atoms with E-state index >= 15 is 0 Å². The highest BCUT2D eigenvalue weighted by atomic mass is 19.1. The van der Waals surface area contributed by atoms with Gasteiger partial charge in [0.05, 0.1) is 11.6 Å². The van der Waals surface area contributed by atoms with Crippen molar-refractivity contribution in [1.82, 2.24) is 5.32 Å². The fourth-order valence-corrected chi connectivity index (χ4v) is 1.97. The Bertz CT molecular complexity index is 647. The molecule has 0 saturated carbocycles. The number of nitriles is 1. The average Bonchev–Trinajstić information content (AvgIpc) is 2.45. The molecule has 2 aromatic rings. The van der Waals surface area contributed by atoms with Gasteiger partial charge < -0.3 is 5.32 Å². The second-order valence-corrected chi connectivity index (χ2v) is 4.57. The van der Waals surface area contributed by atoms with Crippen LogP contribution in [0.1, 0.15) is 29.7 Å². The van der Waals surface area contributed by atoms with Crippen molar-refractivity contribution in [2.45, 2.75) is 19.5 Å². The van der Waals surface area contributed by atoms with Crippen molar-refractivity contribution in [3.63, 3.8) is 0 Å². The quantitative estimate of drug-likeness (QED) is 0.921. The fraction of sp³-hybridized carbons (Fsp3) is 0.188. The summed E-state index contributed by atoms with van der Waals surface area (Å²) in [7, 11) is 0. The molecule has 1 N–H and O–H groups in total. The molecule has 0 bridgehead atoms. The molecule has 2 aromatic carbocycles. The maximum absolute atomic E-state index is 13.2. The second kappa shape index (κ2) is 6.27. The zero-order valence-corrected chi connectivity index (χ0v) is 11.0. The van der Waals surface area contributed by atoms with Crippen LogP contribution in [0, 0.1) is 23.0 Å². The molecule has 0 aromatic heterocycles. The van der Waals surface area contributed by atoms with Gasteiger partial charge in [0.1, 0.15) is 11.6 Å². The third-order valence-corrected chi connectivity index (χ3v) is 3.14. The van der Waals surface area contributed by atoms with Crippen molar-refractivity contribution in [2.75, 3.05) is 0 Å². The molecule has 2 rings (SSSR count). The Kier molecular flexibility index (Phi) is 4.44. The van der Waals surface area contributed by atoms with E-state index in [2.05, 4.69) is 5.32 Å². The normalized spacial score (nSPS) is 11.9. The van der Waals surface area contributed by atoms with Crippen molar-refractivity contribution in [2.24, 2.45) is 0 Å². The average molecular weight is 272 g/mol. The van der Waals surface area contributed by atoms with Crippen molar-refractivity contribution >= 4 is 0 Å². The Balaban J connectivity index is 2.09. The van der Waals surface area contributed by atoms with E-state index in [1.54, 1.807) is 6.07 Å². The number of rotatable bonds is 4. The minimum Gasteiger partial charge on any atom is -0.306 e. The minimum absolute atomic E-state index is 0.0967. The van der Waals surface area contributed by atoms with Crippen LogP contribution in [0.4, 0.5) is 8.78 Å². The number of nitrogens with zero attached hydrogens (tertiary/aromatic N) is 1. The summed E-state index contributed by atoms with van der Waals surface area (Å²) in [6, 6.07) is 12.3. The Morgan fingerprint density at radius 2 is 1.90 bits per heavy atom. The smallest absolute Gasteiger partial charge is 0.123 e. The lowest BCUT2D eigenvalue weighted by molar-refractivity contribution is 0.560. The number of benzene rings is 2. The molecule has 1 unspecified atom stereocenters. The summed E-state index contributed by atoms with van der Waals surface area (Å²) in [5.41, 5.74) is 1.83. The van der Waals surface area contributed by atoms with E-state index in [4.69, 9.17) is 5.26 Å². The van der Waals surface area contributed by atoms with E-state index in [0.29, 0.717) is 17.7 Å². The Morgan fingerprint density at radius 1 is 1.15 bits per heavy atom. The Hall–Kier alpha value is -2.25. The molecule has 1 atom stereocenters. The van der Waals surface area contributed by atoms with Gasteiger partial charge in [-0.05, 0) is 48.4 Å². The van der Waals surface area contributed by atoms with Crippen LogP contribution >= 0.6 is 0 Å². The molecule has 0 radical (unpaired) electrons. The van der Waals surface area contributed by atoms with E-state index in [0.717, 1.165) is 5.56 Å².